The summed E-state index contributed by atoms with van der Waals surface area (Å²) < 4.78 is 7.83. The van der Waals surface area contributed by atoms with Gasteiger partial charge in [-0.05, 0) is 56.2 Å². The Morgan fingerprint density at radius 3 is 2.68 bits per heavy atom. The van der Waals surface area contributed by atoms with E-state index in [-0.39, 0.29) is 12.0 Å². The number of para-hydroxylation sites is 2. The number of ether oxygens (including phenoxy) is 1. The van der Waals surface area contributed by atoms with Gasteiger partial charge in [-0.25, -0.2) is 4.98 Å². The summed E-state index contributed by atoms with van der Waals surface area (Å²) in [5, 5.41) is 3.01. The lowest BCUT2D eigenvalue weighted by molar-refractivity contribution is -0.130. The lowest BCUT2D eigenvalue weighted by Gasteiger charge is -2.11. The van der Waals surface area contributed by atoms with Crippen LogP contribution in [0.5, 0.6) is 0 Å². The molecule has 31 heavy (non-hydrogen) atoms. The quantitative estimate of drug-likeness (QED) is 0.459. The third-order valence-corrected chi connectivity index (χ3v) is 6.02. The van der Waals surface area contributed by atoms with Crippen molar-refractivity contribution in [2.75, 3.05) is 13.2 Å². The molecule has 4 rings (SSSR count). The van der Waals surface area contributed by atoms with Crippen molar-refractivity contribution in [3.8, 4) is 0 Å². The highest BCUT2D eigenvalue weighted by Crippen LogP contribution is 2.19. The minimum absolute atomic E-state index is 0.0534. The molecule has 1 fully saturated rings. The fraction of sp³-hybridized carbons (Fsp3) is 0.462. The van der Waals surface area contributed by atoms with Gasteiger partial charge in [0, 0.05) is 26.1 Å². The van der Waals surface area contributed by atoms with Crippen LogP contribution in [-0.2, 0) is 28.9 Å². The Morgan fingerprint density at radius 1 is 1.00 bits per heavy atom. The maximum absolute atomic E-state index is 12.0. The van der Waals surface area contributed by atoms with Gasteiger partial charge < -0.3 is 14.6 Å². The van der Waals surface area contributed by atoms with Crippen LogP contribution in [0.1, 0.15) is 49.9 Å². The van der Waals surface area contributed by atoms with E-state index in [1.54, 1.807) is 0 Å². The highest BCUT2D eigenvalue weighted by molar-refractivity contribution is 5.80. The minimum atomic E-state index is -0.226. The maximum atomic E-state index is 12.0. The number of hydrogen-bond acceptors (Lipinski definition) is 3. The Bertz CT molecular complexity index is 961. The molecule has 1 aliphatic rings. The molecule has 0 spiro atoms. The zero-order valence-corrected chi connectivity index (χ0v) is 18.3. The number of amides is 1. The van der Waals surface area contributed by atoms with Crippen molar-refractivity contribution in [3.63, 3.8) is 0 Å². The largest absolute Gasteiger partial charge is 0.368 e. The Balaban J connectivity index is 1.25. The van der Waals surface area contributed by atoms with Crippen LogP contribution in [0, 0.1) is 0 Å². The van der Waals surface area contributed by atoms with E-state index >= 15 is 0 Å². The van der Waals surface area contributed by atoms with Crippen LogP contribution >= 0.6 is 0 Å². The highest BCUT2D eigenvalue weighted by atomic mass is 16.5. The number of nitrogens with zero attached hydrogens (tertiary/aromatic N) is 2. The SMILES string of the molecule is O=C(NCCCCCc1nc2ccccc2n1CCCc1ccccc1)C1CCCO1. The number of carbonyl (C=O) groups is 1. The van der Waals surface area contributed by atoms with Gasteiger partial charge >= 0.3 is 0 Å². The van der Waals surface area contributed by atoms with E-state index in [1.165, 1.54) is 16.9 Å². The van der Waals surface area contributed by atoms with Crippen LogP contribution < -0.4 is 5.32 Å². The second-order valence-corrected chi connectivity index (χ2v) is 8.36. The average molecular weight is 420 g/mol. The number of fused-ring (bicyclic) bond motifs is 1. The lowest BCUT2D eigenvalue weighted by atomic mass is 10.1. The van der Waals surface area contributed by atoms with Crippen LogP contribution in [0.15, 0.2) is 54.6 Å². The van der Waals surface area contributed by atoms with Crippen molar-refractivity contribution < 1.29 is 9.53 Å². The molecule has 1 atom stereocenters. The molecule has 0 bridgehead atoms. The molecular formula is C26H33N3O2. The summed E-state index contributed by atoms with van der Waals surface area (Å²) in [6.07, 6.45) is 7.93. The Kier molecular flexibility index (Phi) is 7.72. The molecule has 2 heterocycles. The lowest BCUT2D eigenvalue weighted by Crippen LogP contribution is -2.34. The van der Waals surface area contributed by atoms with Crippen molar-refractivity contribution in [1.82, 2.24) is 14.9 Å². The summed E-state index contributed by atoms with van der Waals surface area (Å²) in [6.45, 7) is 2.43. The summed E-state index contributed by atoms with van der Waals surface area (Å²) in [6, 6.07) is 19.1. The summed E-state index contributed by atoms with van der Waals surface area (Å²) >= 11 is 0. The predicted octanol–water partition coefficient (Wildman–Crippen LogP) is 4.68. The molecule has 1 saturated heterocycles. The predicted molar refractivity (Wildman–Crippen MR) is 124 cm³/mol. The van der Waals surface area contributed by atoms with Crippen LogP contribution in [0.3, 0.4) is 0 Å². The number of unbranched alkanes of at least 4 members (excludes halogenated alkanes) is 2. The molecule has 5 heteroatoms. The minimum Gasteiger partial charge on any atom is -0.368 e. The Labute approximate surface area is 184 Å². The van der Waals surface area contributed by atoms with Gasteiger partial charge in [0.05, 0.1) is 11.0 Å². The molecule has 1 amide bonds. The number of rotatable bonds is 11. The van der Waals surface area contributed by atoms with E-state index < -0.39 is 0 Å². The molecule has 0 aliphatic carbocycles. The average Bonchev–Trinajstić information content (AvgIpc) is 3.45. The number of aromatic nitrogens is 2. The van der Waals surface area contributed by atoms with E-state index in [4.69, 9.17) is 9.72 Å². The zero-order valence-electron chi connectivity index (χ0n) is 18.3. The van der Waals surface area contributed by atoms with Gasteiger partial charge in [0.25, 0.3) is 0 Å². The monoisotopic (exact) mass is 419 g/mol. The fourth-order valence-electron chi connectivity index (χ4n) is 4.35. The van der Waals surface area contributed by atoms with Crippen LogP contribution in [-0.4, -0.2) is 34.7 Å². The third kappa shape index (κ3) is 5.95. The number of nitrogens with one attached hydrogen (secondary N) is 1. The first-order valence-electron chi connectivity index (χ1n) is 11.7. The topological polar surface area (TPSA) is 56.2 Å². The standard InChI is InChI=1S/C26H33N3O2/c30-26(24-16-10-20-31-24)27-18-8-2-5-17-25-28-22-14-6-7-15-23(22)29(25)19-9-13-21-11-3-1-4-12-21/h1,3-4,6-7,11-12,14-15,24H,2,5,8-10,13,16-20H2,(H,27,30). The fourth-order valence-corrected chi connectivity index (χ4v) is 4.35. The summed E-state index contributed by atoms with van der Waals surface area (Å²) in [5.74, 6) is 1.23. The zero-order chi connectivity index (χ0) is 21.3. The van der Waals surface area contributed by atoms with E-state index in [2.05, 4.69) is 64.5 Å². The van der Waals surface area contributed by atoms with Gasteiger partial charge in [0.1, 0.15) is 11.9 Å². The first kappa shape index (κ1) is 21.6. The van der Waals surface area contributed by atoms with Crippen LogP contribution in [0.2, 0.25) is 0 Å². The van der Waals surface area contributed by atoms with E-state index in [0.717, 1.165) is 70.0 Å². The number of hydrogen-bond donors (Lipinski definition) is 1. The van der Waals surface area contributed by atoms with Gasteiger partial charge in [-0.1, -0.05) is 48.9 Å². The molecule has 0 radical (unpaired) electrons. The summed E-state index contributed by atoms with van der Waals surface area (Å²) in [7, 11) is 0. The molecule has 1 N–H and O–H groups in total. The Hall–Kier alpha value is -2.66. The molecule has 1 unspecified atom stereocenters. The number of imidazole rings is 1. The number of benzene rings is 2. The van der Waals surface area contributed by atoms with Gasteiger partial charge in [-0.15, -0.1) is 0 Å². The number of carbonyl (C=O) groups excluding carboxylic acids is 1. The van der Waals surface area contributed by atoms with Crippen molar-refractivity contribution in [2.45, 2.75) is 64.0 Å². The Morgan fingerprint density at radius 2 is 1.84 bits per heavy atom. The van der Waals surface area contributed by atoms with E-state index in [0.29, 0.717) is 6.61 Å². The van der Waals surface area contributed by atoms with E-state index in [9.17, 15) is 4.79 Å². The van der Waals surface area contributed by atoms with Gasteiger partial charge in [-0.3, -0.25) is 4.79 Å². The van der Waals surface area contributed by atoms with Gasteiger partial charge in [0.2, 0.25) is 5.91 Å². The molecule has 2 aromatic carbocycles. The molecule has 1 aromatic heterocycles. The molecule has 5 nitrogen and oxygen atoms in total. The second-order valence-electron chi connectivity index (χ2n) is 8.36. The van der Waals surface area contributed by atoms with Crippen LogP contribution in [0.4, 0.5) is 0 Å². The molecule has 164 valence electrons. The third-order valence-electron chi connectivity index (χ3n) is 6.02. The van der Waals surface area contributed by atoms with Gasteiger partial charge in [0.15, 0.2) is 0 Å². The molecule has 1 aliphatic heterocycles. The van der Waals surface area contributed by atoms with Crippen molar-refractivity contribution in [1.29, 1.82) is 0 Å². The smallest absolute Gasteiger partial charge is 0.249 e. The van der Waals surface area contributed by atoms with E-state index in [1.807, 2.05) is 0 Å². The summed E-state index contributed by atoms with van der Waals surface area (Å²) in [4.78, 5) is 16.9. The van der Waals surface area contributed by atoms with Crippen LogP contribution in [0.25, 0.3) is 11.0 Å². The maximum Gasteiger partial charge on any atom is 0.249 e. The summed E-state index contributed by atoms with van der Waals surface area (Å²) in [5.41, 5.74) is 3.70. The first-order valence-corrected chi connectivity index (χ1v) is 11.7. The molecule has 3 aromatic rings. The highest BCUT2D eigenvalue weighted by Gasteiger charge is 2.22. The normalized spacial score (nSPS) is 16.1. The molecular weight excluding hydrogens is 386 g/mol. The van der Waals surface area contributed by atoms with Crippen molar-refractivity contribution in [3.05, 3.63) is 66.0 Å². The number of aryl methyl sites for hydroxylation is 3. The second kappa shape index (κ2) is 11.1. The molecule has 0 saturated carbocycles. The first-order chi connectivity index (χ1) is 15.3. The van der Waals surface area contributed by atoms with Crippen molar-refractivity contribution in [2.24, 2.45) is 0 Å². The van der Waals surface area contributed by atoms with Crippen molar-refractivity contribution >= 4 is 16.9 Å². The van der Waals surface area contributed by atoms with Gasteiger partial charge in [-0.2, -0.15) is 0 Å².